The van der Waals surface area contributed by atoms with Crippen molar-refractivity contribution in [3.05, 3.63) is 103 Å². The molecular formula is C30H29N3O2. The Balaban J connectivity index is 1.61. The van der Waals surface area contributed by atoms with Gasteiger partial charge < -0.3 is 14.5 Å². The van der Waals surface area contributed by atoms with E-state index in [0.29, 0.717) is 17.1 Å². The maximum Gasteiger partial charge on any atom is 0.263 e. The number of ether oxygens (including phenoxy) is 1. The van der Waals surface area contributed by atoms with Gasteiger partial charge in [-0.15, -0.1) is 0 Å². The van der Waals surface area contributed by atoms with Crippen molar-refractivity contribution in [2.24, 2.45) is 0 Å². The van der Waals surface area contributed by atoms with Crippen molar-refractivity contribution in [3.8, 4) is 11.5 Å². The predicted molar refractivity (Wildman–Crippen MR) is 144 cm³/mol. The Morgan fingerprint density at radius 3 is 1.86 bits per heavy atom. The molecule has 176 valence electrons. The summed E-state index contributed by atoms with van der Waals surface area (Å²) in [5, 5.41) is 0. The first-order valence-electron chi connectivity index (χ1n) is 12.0. The molecule has 0 unspecified atom stereocenters. The molecule has 0 fully saturated rings. The quantitative estimate of drug-likeness (QED) is 0.299. The highest BCUT2D eigenvalue weighted by Crippen LogP contribution is 2.49. The number of nitrogens with zero attached hydrogens (tertiary/aromatic N) is 3. The molecule has 5 heteroatoms. The first-order valence-corrected chi connectivity index (χ1v) is 12.0. The monoisotopic (exact) mass is 463 g/mol. The molecule has 0 N–H and O–H groups in total. The topological polar surface area (TPSA) is 36.0 Å². The van der Waals surface area contributed by atoms with Crippen LogP contribution in [0, 0.1) is 0 Å². The Bertz CT molecular complexity index is 1330. The summed E-state index contributed by atoms with van der Waals surface area (Å²) in [6, 6.07) is 31.6. The van der Waals surface area contributed by atoms with E-state index >= 15 is 0 Å². The van der Waals surface area contributed by atoms with Crippen molar-refractivity contribution in [2.75, 3.05) is 34.8 Å². The molecule has 4 aromatic rings. The molecule has 0 radical (unpaired) electrons. The fraction of sp³-hybridized carbons (Fsp3) is 0.167. The van der Waals surface area contributed by atoms with E-state index in [1.807, 2.05) is 85.9 Å². The summed E-state index contributed by atoms with van der Waals surface area (Å²) in [6.45, 7) is 6.06. The predicted octanol–water partition coefficient (Wildman–Crippen LogP) is 7.38. The van der Waals surface area contributed by atoms with E-state index in [2.05, 4.69) is 41.8 Å². The van der Waals surface area contributed by atoms with Gasteiger partial charge in [-0.1, -0.05) is 36.4 Å². The Morgan fingerprint density at radius 1 is 0.714 bits per heavy atom. The third-order valence-corrected chi connectivity index (χ3v) is 6.47. The molecule has 35 heavy (non-hydrogen) atoms. The smallest absolute Gasteiger partial charge is 0.263 e. The van der Waals surface area contributed by atoms with Gasteiger partial charge >= 0.3 is 0 Å². The molecule has 0 atom stereocenters. The van der Waals surface area contributed by atoms with Crippen LogP contribution in [0.2, 0.25) is 0 Å². The number of para-hydroxylation sites is 1. The van der Waals surface area contributed by atoms with Gasteiger partial charge in [0.05, 0.1) is 11.4 Å². The number of fused-ring (bicyclic) bond motifs is 2. The molecule has 1 heterocycles. The van der Waals surface area contributed by atoms with Crippen LogP contribution in [-0.4, -0.2) is 26.0 Å². The highest BCUT2D eigenvalue weighted by atomic mass is 16.5. The van der Waals surface area contributed by atoms with E-state index in [-0.39, 0.29) is 5.91 Å². The van der Waals surface area contributed by atoms with Gasteiger partial charge in [0, 0.05) is 54.9 Å². The van der Waals surface area contributed by atoms with Gasteiger partial charge in [0.15, 0.2) is 11.5 Å². The lowest BCUT2D eigenvalue weighted by Gasteiger charge is -2.33. The normalized spacial score (nSPS) is 11.8. The highest BCUT2D eigenvalue weighted by Gasteiger charge is 2.31. The lowest BCUT2D eigenvalue weighted by atomic mass is 10.1. The highest BCUT2D eigenvalue weighted by molar-refractivity contribution is 6.13. The van der Waals surface area contributed by atoms with Crippen LogP contribution in [0.15, 0.2) is 97.1 Å². The number of hydrogen-bond donors (Lipinski definition) is 0. The second kappa shape index (κ2) is 9.55. The molecule has 0 saturated heterocycles. The number of anilines is 5. The second-order valence-corrected chi connectivity index (χ2v) is 8.48. The van der Waals surface area contributed by atoms with Crippen LogP contribution in [0.5, 0.6) is 11.5 Å². The maximum absolute atomic E-state index is 13.7. The van der Waals surface area contributed by atoms with Gasteiger partial charge in [0.1, 0.15) is 0 Å². The van der Waals surface area contributed by atoms with Crippen LogP contribution in [0.25, 0.3) is 0 Å². The zero-order valence-electron chi connectivity index (χ0n) is 20.3. The molecule has 0 bridgehead atoms. The Labute approximate surface area is 206 Å². The van der Waals surface area contributed by atoms with E-state index in [1.54, 1.807) is 4.90 Å². The number of amides is 1. The first kappa shape index (κ1) is 22.5. The fourth-order valence-corrected chi connectivity index (χ4v) is 4.51. The van der Waals surface area contributed by atoms with Gasteiger partial charge in [0.2, 0.25) is 0 Å². The maximum atomic E-state index is 13.7. The van der Waals surface area contributed by atoms with E-state index in [1.165, 1.54) is 0 Å². The average molecular weight is 464 g/mol. The minimum absolute atomic E-state index is 0.0869. The molecule has 0 spiro atoms. The standard InChI is InChI=1S/C30H29N3O2/c1-4-32(5-2)25-17-19-27-29(21-25)35-28-20-24(31(3)23-14-10-7-11-15-23)16-18-26(28)33(27)30(34)22-12-8-6-9-13-22/h6-21H,4-5H2,1-3H3. The molecule has 0 aromatic heterocycles. The average Bonchev–Trinajstić information content (AvgIpc) is 2.92. The lowest BCUT2D eigenvalue weighted by Crippen LogP contribution is -2.29. The van der Waals surface area contributed by atoms with Gasteiger partial charge in [-0.3, -0.25) is 9.69 Å². The van der Waals surface area contributed by atoms with Crippen molar-refractivity contribution in [3.63, 3.8) is 0 Å². The van der Waals surface area contributed by atoms with Crippen LogP contribution in [-0.2, 0) is 0 Å². The lowest BCUT2D eigenvalue weighted by molar-refractivity contribution is 0.0997. The van der Waals surface area contributed by atoms with Crippen molar-refractivity contribution < 1.29 is 9.53 Å². The van der Waals surface area contributed by atoms with Crippen LogP contribution in [0.4, 0.5) is 28.4 Å². The summed E-state index contributed by atoms with van der Waals surface area (Å²) in [6.07, 6.45) is 0. The number of carbonyl (C=O) groups excluding carboxylic acids is 1. The van der Waals surface area contributed by atoms with Crippen LogP contribution < -0.4 is 19.4 Å². The number of benzene rings is 4. The number of rotatable bonds is 6. The SMILES string of the molecule is CCN(CC)c1ccc2c(c1)Oc1cc(N(C)c3ccccc3)ccc1N2C(=O)c1ccccc1. The molecule has 5 rings (SSSR count). The van der Waals surface area contributed by atoms with E-state index in [4.69, 9.17) is 4.74 Å². The van der Waals surface area contributed by atoms with Crippen molar-refractivity contribution in [1.29, 1.82) is 0 Å². The summed E-state index contributed by atoms with van der Waals surface area (Å²) in [5.41, 5.74) is 5.22. The minimum atomic E-state index is -0.0869. The Morgan fingerprint density at radius 2 is 1.26 bits per heavy atom. The zero-order chi connectivity index (χ0) is 24.4. The van der Waals surface area contributed by atoms with Crippen molar-refractivity contribution in [2.45, 2.75) is 13.8 Å². The summed E-state index contributed by atoms with van der Waals surface area (Å²) in [7, 11) is 2.03. The van der Waals surface area contributed by atoms with E-state index < -0.39 is 0 Å². The number of hydrogen-bond acceptors (Lipinski definition) is 4. The molecule has 1 amide bonds. The number of carbonyl (C=O) groups is 1. The third-order valence-electron chi connectivity index (χ3n) is 6.47. The third kappa shape index (κ3) is 4.21. The Hall–Kier alpha value is -4.25. The van der Waals surface area contributed by atoms with Gasteiger partial charge in [-0.25, -0.2) is 0 Å². The minimum Gasteiger partial charge on any atom is -0.453 e. The van der Waals surface area contributed by atoms with Gasteiger partial charge in [-0.05, 0) is 62.4 Å². The zero-order valence-corrected chi connectivity index (χ0v) is 20.3. The molecule has 0 aliphatic carbocycles. The van der Waals surface area contributed by atoms with Crippen LogP contribution in [0.3, 0.4) is 0 Å². The summed E-state index contributed by atoms with van der Waals surface area (Å²) in [5.74, 6) is 1.24. The van der Waals surface area contributed by atoms with Crippen molar-refractivity contribution in [1.82, 2.24) is 0 Å². The largest absolute Gasteiger partial charge is 0.453 e. The molecule has 1 aliphatic rings. The molecule has 4 aromatic carbocycles. The van der Waals surface area contributed by atoms with Gasteiger partial charge in [0.25, 0.3) is 5.91 Å². The molecular weight excluding hydrogens is 434 g/mol. The van der Waals surface area contributed by atoms with E-state index in [0.717, 1.165) is 41.5 Å². The molecule has 1 aliphatic heterocycles. The fourth-order valence-electron chi connectivity index (χ4n) is 4.51. The molecule has 5 nitrogen and oxygen atoms in total. The van der Waals surface area contributed by atoms with E-state index in [9.17, 15) is 4.79 Å². The second-order valence-electron chi connectivity index (χ2n) is 8.48. The van der Waals surface area contributed by atoms with Crippen LogP contribution in [0.1, 0.15) is 24.2 Å². The van der Waals surface area contributed by atoms with Gasteiger partial charge in [-0.2, -0.15) is 0 Å². The van der Waals surface area contributed by atoms with Crippen molar-refractivity contribution >= 4 is 34.3 Å². The first-order chi connectivity index (χ1) is 17.1. The molecule has 0 saturated carbocycles. The summed E-state index contributed by atoms with van der Waals surface area (Å²) >= 11 is 0. The Kier molecular flexibility index (Phi) is 6.15. The van der Waals surface area contributed by atoms with Crippen LogP contribution >= 0.6 is 0 Å². The summed E-state index contributed by atoms with van der Waals surface area (Å²) < 4.78 is 6.45. The summed E-state index contributed by atoms with van der Waals surface area (Å²) in [4.78, 5) is 19.9.